The molecule has 0 amide bonds. The fourth-order valence-corrected chi connectivity index (χ4v) is 6.16. The summed E-state index contributed by atoms with van der Waals surface area (Å²) in [6.07, 6.45) is 2.12. The van der Waals surface area contributed by atoms with Crippen molar-refractivity contribution >= 4 is 31.6 Å². The van der Waals surface area contributed by atoms with Crippen molar-refractivity contribution in [2.24, 2.45) is 5.92 Å². The third kappa shape index (κ3) is 4.55. The van der Waals surface area contributed by atoms with Gasteiger partial charge in [0, 0.05) is 38.6 Å². The zero-order valence-electron chi connectivity index (χ0n) is 14.2. The molecule has 0 spiro atoms. The minimum Gasteiger partial charge on any atom is -0.210 e. The van der Waals surface area contributed by atoms with Gasteiger partial charge in [-0.2, -0.15) is 17.0 Å². The number of thiophene rings is 1. The molecule has 7 nitrogen and oxygen atoms in total. The topological polar surface area (TPSA) is 86.8 Å². The van der Waals surface area contributed by atoms with Gasteiger partial charge in [0.1, 0.15) is 4.21 Å². The summed E-state index contributed by atoms with van der Waals surface area (Å²) in [6, 6.07) is 3.47. The average molecular weight is 396 g/mol. The van der Waals surface area contributed by atoms with Crippen LogP contribution in [0.5, 0.6) is 0 Å². The van der Waals surface area contributed by atoms with E-state index >= 15 is 0 Å². The SMILES string of the molecule is CCc1ccc(S(=O)(=O)NCC2CCN(S(=O)(=O)N(C)C)CC2)s1. The molecule has 0 aliphatic carbocycles. The van der Waals surface area contributed by atoms with Crippen LogP contribution in [0.2, 0.25) is 0 Å². The van der Waals surface area contributed by atoms with E-state index in [4.69, 9.17) is 0 Å². The van der Waals surface area contributed by atoms with Crippen molar-refractivity contribution in [3.8, 4) is 0 Å². The lowest BCUT2D eigenvalue weighted by Crippen LogP contribution is -2.45. The zero-order valence-corrected chi connectivity index (χ0v) is 16.7. The molecule has 24 heavy (non-hydrogen) atoms. The van der Waals surface area contributed by atoms with Crippen LogP contribution in [0.4, 0.5) is 0 Å². The highest BCUT2D eigenvalue weighted by atomic mass is 32.2. The summed E-state index contributed by atoms with van der Waals surface area (Å²) in [4.78, 5) is 1.04. The summed E-state index contributed by atoms with van der Waals surface area (Å²) in [5.74, 6) is 0.152. The number of piperidine rings is 1. The highest BCUT2D eigenvalue weighted by Gasteiger charge is 2.30. The fraction of sp³-hybridized carbons (Fsp3) is 0.714. The van der Waals surface area contributed by atoms with E-state index in [-0.39, 0.29) is 5.92 Å². The van der Waals surface area contributed by atoms with Crippen molar-refractivity contribution in [3.05, 3.63) is 17.0 Å². The second-order valence-electron chi connectivity index (χ2n) is 6.06. The first-order valence-electron chi connectivity index (χ1n) is 7.92. The summed E-state index contributed by atoms with van der Waals surface area (Å²) < 4.78 is 54.4. The Balaban J connectivity index is 1.88. The summed E-state index contributed by atoms with van der Waals surface area (Å²) in [5.41, 5.74) is 0. The summed E-state index contributed by atoms with van der Waals surface area (Å²) >= 11 is 1.29. The van der Waals surface area contributed by atoms with Gasteiger partial charge >= 0.3 is 0 Å². The second kappa shape index (κ2) is 7.79. The van der Waals surface area contributed by atoms with Crippen molar-refractivity contribution in [1.82, 2.24) is 13.3 Å². The van der Waals surface area contributed by atoms with E-state index in [0.717, 1.165) is 11.3 Å². The highest BCUT2D eigenvalue weighted by molar-refractivity contribution is 7.91. The Morgan fingerprint density at radius 3 is 2.33 bits per heavy atom. The van der Waals surface area contributed by atoms with Gasteiger partial charge in [-0.25, -0.2) is 13.1 Å². The summed E-state index contributed by atoms with van der Waals surface area (Å²) in [5, 5.41) is 0. The van der Waals surface area contributed by atoms with E-state index in [9.17, 15) is 16.8 Å². The molecule has 0 unspecified atom stereocenters. The molecular formula is C14H25N3O4S3. The van der Waals surface area contributed by atoms with E-state index in [1.807, 2.05) is 13.0 Å². The predicted molar refractivity (Wildman–Crippen MR) is 95.8 cm³/mol. The molecule has 138 valence electrons. The molecule has 2 rings (SSSR count). The van der Waals surface area contributed by atoms with Gasteiger partial charge in [-0.3, -0.25) is 0 Å². The van der Waals surface area contributed by atoms with Crippen molar-refractivity contribution in [2.75, 3.05) is 33.7 Å². The van der Waals surface area contributed by atoms with E-state index in [1.165, 1.54) is 34.0 Å². The van der Waals surface area contributed by atoms with Gasteiger partial charge in [0.2, 0.25) is 10.0 Å². The monoisotopic (exact) mass is 395 g/mol. The van der Waals surface area contributed by atoms with E-state index in [1.54, 1.807) is 6.07 Å². The summed E-state index contributed by atoms with van der Waals surface area (Å²) in [7, 11) is -3.83. The molecule has 0 radical (unpaired) electrons. The Kier molecular flexibility index (Phi) is 6.43. The highest BCUT2D eigenvalue weighted by Crippen LogP contribution is 2.23. The third-order valence-corrected chi connectivity index (χ3v) is 9.26. The number of nitrogens with zero attached hydrogens (tertiary/aromatic N) is 2. The van der Waals surface area contributed by atoms with Gasteiger partial charge in [-0.05, 0) is 37.3 Å². The molecule has 1 saturated heterocycles. The van der Waals surface area contributed by atoms with Crippen LogP contribution in [-0.2, 0) is 26.7 Å². The second-order valence-corrected chi connectivity index (χ2v) is 11.4. The number of rotatable bonds is 7. The number of nitrogens with one attached hydrogen (secondary N) is 1. The molecule has 0 atom stereocenters. The normalized spacial score (nSPS) is 18.3. The zero-order chi connectivity index (χ0) is 18.0. The van der Waals surface area contributed by atoms with Crippen LogP contribution in [0.25, 0.3) is 0 Å². The Labute approximate surface area is 148 Å². The van der Waals surface area contributed by atoms with Crippen LogP contribution in [0.1, 0.15) is 24.6 Å². The minimum absolute atomic E-state index is 0.152. The lowest BCUT2D eigenvalue weighted by Gasteiger charge is -2.32. The minimum atomic E-state index is -3.48. The Hall–Kier alpha value is -0.520. The number of hydrogen-bond acceptors (Lipinski definition) is 5. The molecule has 1 aromatic rings. The first-order chi connectivity index (χ1) is 11.2. The van der Waals surface area contributed by atoms with Crippen LogP contribution in [0.15, 0.2) is 16.3 Å². The van der Waals surface area contributed by atoms with E-state index < -0.39 is 20.2 Å². The van der Waals surface area contributed by atoms with E-state index in [0.29, 0.717) is 36.7 Å². The molecular weight excluding hydrogens is 370 g/mol. The molecule has 1 fully saturated rings. The van der Waals surface area contributed by atoms with Crippen LogP contribution in [0, 0.1) is 5.92 Å². The Morgan fingerprint density at radius 2 is 1.83 bits per heavy atom. The quantitative estimate of drug-likeness (QED) is 0.749. The molecule has 1 aliphatic heterocycles. The van der Waals surface area contributed by atoms with Crippen LogP contribution in [0.3, 0.4) is 0 Å². The Morgan fingerprint density at radius 1 is 1.21 bits per heavy atom. The lowest BCUT2D eigenvalue weighted by molar-refractivity contribution is 0.263. The number of sulfonamides is 1. The van der Waals surface area contributed by atoms with Crippen LogP contribution in [-0.4, -0.2) is 59.2 Å². The molecule has 1 aliphatic rings. The third-order valence-electron chi connectivity index (χ3n) is 4.17. The molecule has 10 heteroatoms. The van der Waals surface area contributed by atoms with Crippen LogP contribution >= 0.6 is 11.3 Å². The molecule has 2 heterocycles. The van der Waals surface area contributed by atoms with Crippen molar-refractivity contribution in [3.63, 3.8) is 0 Å². The van der Waals surface area contributed by atoms with Gasteiger partial charge in [-0.1, -0.05) is 6.92 Å². The first-order valence-corrected chi connectivity index (χ1v) is 11.6. The van der Waals surface area contributed by atoms with Gasteiger partial charge in [0.05, 0.1) is 0 Å². The predicted octanol–water partition coefficient (Wildman–Crippen LogP) is 1.11. The van der Waals surface area contributed by atoms with Crippen molar-refractivity contribution in [1.29, 1.82) is 0 Å². The van der Waals surface area contributed by atoms with Gasteiger partial charge < -0.3 is 0 Å². The molecule has 0 aromatic carbocycles. The molecule has 0 bridgehead atoms. The van der Waals surface area contributed by atoms with E-state index in [2.05, 4.69) is 4.72 Å². The standard InChI is InChI=1S/C14H25N3O4S3/c1-4-13-5-6-14(22-13)23(18,19)15-11-12-7-9-17(10-8-12)24(20,21)16(2)3/h5-6,12,15H,4,7-11H2,1-3H3. The molecule has 1 N–H and O–H groups in total. The van der Waals surface area contributed by atoms with Gasteiger partial charge in [0.25, 0.3) is 10.2 Å². The summed E-state index contributed by atoms with van der Waals surface area (Å²) in [6.45, 7) is 3.18. The maximum Gasteiger partial charge on any atom is 0.281 e. The maximum atomic E-state index is 12.3. The average Bonchev–Trinajstić information content (AvgIpc) is 3.03. The molecule has 1 aromatic heterocycles. The lowest BCUT2D eigenvalue weighted by atomic mass is 9.99. The Bertz CT molecular complexity index is 748. The largest absolute Gasteiger partial charge is 0.281 e. The molecule has 0 saturated carbocycles. The number of aryl methyl sites for hydroxylation is 1. The first kappa shape index (κ1) is 19.8. The maximum absolute atomic E-state index is 12.3. The van der Waals surface area contributed by atoms with Crippen molar-refractivity contribution < 1.29 is 16.8 Å². The smallest absolute Gasteiger partial charge is 0.210 e. The van der Waals surface area contributed by atoms with Crippen molar-refractivity contribution in [2.45, 2.75) is 30.4 Å². The van der Waals surface area contributed by atoms with Gasteiger partial charge in [-0.15, -0.1) is 11.3 Å². The van der Waals surface area contributed by atoms with Gasteiger partial charge in [0.15, 0.2) is 0 Å². The number of hydrogen-bond donors (Lipinski definition) is 1. The fourth-order valence-electron chi connectivity index (χ4n) is 2.57. The van der Waals surface area contributed by atoms with Crippen LogP contribution < -0.4 is 4.72 Å².